The highest BCUT2D eigenvalue weighted by molar-refractivity contribution is 7.99. The first-order valence-corrected chi connectivity index (χ1v) is 7.31. The molecule has 112 valence electrons. The summed E-state index contributed by atoms with van der Waals surface area (Å²) in [6.07, 6.45) is 0. The van der Waals surface area contributed by atoms with Crippen molar-refractivity contribution in [3.63, 3.8) is 0 Å². The van der Waals surface area contributed by atoms with E-state index in [9.17, 15) is 9.59 Å². The van der Waals surface area contributed by atoms with Crippen molar-refractivity contribution in [1.29, 1.82) is 0 Å². The highest BCUT2D eigenvalue weighted by Crippen LogP contribution is 2.16. The van der Waals surface area contributed by atoms with E-state index in [1.54, 1.807) is 0 Å². The van der Waals surface area contributed by atoms with E-state index in [0.717, 1.165) is 0 Å². The van der Waals surface area contributed by atoms with Gasteiger partial charge in [0.25, 0.3) is 0 Å². The largest absolute Gasteiger partial charge is 0.336 e. The van der Waals surface area contributed by atoms with Crippen molar-refractivity contribution < 1.29 is 9.59 Å². The van der Waals surface area contributed by atoms with E-state index < -0.39 is 6.03 Å². The van der Waals surface area contributed by atoms with Gasteiger partial charge in [-0.05, 0) is 20.8 Å². The van der Waals surface area contributed by atoms with Gasteiger partial charge in [0.15, 0.2) is 5.16 Å². The molecule has 0 aliphatic heterocycles. The summed E-state index contributed by atoms with van der Waals surface area (Å²) in [7, 11) is 0. The van der Waals surface area contributed by atoms with Gasteiger partial charge in [-0.1, -0.05) is 11.8 Å². The zero-order chi connectivity index (χ0) is 15.1. The highest BCUT2D eigenvalue weighted by Gasteiger charge is 2.13. The number of aromatic nitrogens is 3. The second-order valence-corrected chi connectivity index (χ2v) is 5.25. The fourth-order valence-electron chi connectivity index (χ4n) is 1.49. The molecular formula is C11H20N6O2S. The number of nitrogens with one attached hydrogen (secondary N) is 2. The van der Waals surface area contributed by atoms with Crippen molar-refractivity contribution in [1.82, 2.24) is 25.4 Å². The molecule has 4 N–H and O–H groups in total. The van der Waals surface area contributed by atoms with Crippen molar-refractivity contribution in [2.24, 2.45) is 5.73 Å². The molecule has 8 nitrogen and oxygen atoms in total. The van der Waals surface area contributed by atoms with Crippen LogP contribution in [0, 0.1) is 0 Å². The van der Waals surface area contributed by atoms with Gasteiger partial charge in [0.05, 0.1) is 12.3 Å². The quantitative estimate of drug-likeness (QED) is 0.641. The Labute approximate surface area is 121 Å². The molecule has 0 saturated carbocycles. The first-order valence-electron chi connectivity index (χ1n) is 6.33. The summed E-state index contributed by atoms with van der Waals surface area (Å²) in [6, 6.07) is -0.518. The molecule has 0 radical (unpaired) electrons. The molecule has 1 rings (SSSR count). The minimum absolute atomic E-state index is 0.0224. The van der Waals surface area contributed by atoms with Gasteiger partial charge in [0.1, 0.15) is 5.82 Å². The number of amides is 3. The van der Waals surface area contributed by atoms with Crippen molar-refractivity contribution in [2.45, 2.75) is 45.1 Å². The van der Waals surface area contributed by atoms with Crippen molar-refractivity contribution in [3.05, 3.63) is 5.82 Å². The lowest BCUT2D eigenvalue weighted by Crippen LogP contribution is -2.43. The van der Waals surface area contributed by atoms with Crippen LogP contribution in [0.2, 0.25) is 0 Å². The van der Waals surface area contributed by atoms with Crippen LogP contribution in [0.1, 0.15) is 26.6 Å². The van der Waals surface area contributed by atoms with Crippen LogP contribution in [-0.4, -0.2) is 38.5 Å². The molecule has 0 aliphatic carbocycles. The SMILES string of the molecule is CCn1c(CN)nnc1SCC(=O)NC(=O)NC(C)C. The third-order valence-corrected chi connectivity index (χ3v) is 3.26. The molecule has 9 heteroatoms. The average Bonchev–Trinajstić information content (AvgIpc) is 2.77. The Morgan fingerprint density at radius 1 is 1.40 bits per heavy atom. The number of imide groups is 1. The Hall–Kier alpha value is -1.61. The third-order valence-electron chi connectivity index (χ3n) is 2.30. The van der Waals surface area contributed by atoms with Crippen LogP contribution in [0.25, 0.3) is 0 Å². The number of hydrogen-bond acceptors (Lipinski definition) is 6. The monoisotopic (exact) mass is 300 g/mol. The van der Waals surface area contributed by atoms with Crippen molar-refractivity contribution in [2.75, 3.05) is 5.75 Å². The van der Waals surface area contributed by atoms with Gasteiger partial charge in [-0.2, -0.15) is 0 Å². The van der Waals surface area contributed by atoms with Crippen LogP contribution < -0.4 is 16.4 Å². The van der Waals surface area contributed by atoms with Crippen LogP contribution in [-0.2, 0) is 17.9 Å². The van der Waals surface area contributed by atoms with Crippen LogP contribution in [0.5, 0.6) is 0 Å². The van der Waals surface area contributed by atoms with Gasteiger partial charge >= 0.3 is 6.03 Å². The van der Waals surface area contributed by atoms with Crippen molar-refractivity contribution in [3.8, 4) is 0 Å². The Bertz CT molecular complexity index is 473. The van der Waals surface area contributed by atoms with E-state index in [-0.39, 0.29) is 17.7 Å². The molecule has 0 aromatic carbocycles. The number of rotatable bonds is 6. The number of carbonyl (C=O) groups excluding carboxylic acids is 2. The molecule has 0 aliphatic rings. The Morgan fingerprint density at radius 2 is 2.10 bits per heavy atom. The number of urea groups is 1. The highest BCUT2D eigenvalue weighted by atomic mass is 32.2. The second-order valence-electron chi connectivity index (χ2n) is 4.31. The molecular weight excluding hydrogens is 280 g/mol. The average molecular weight is 300 g/mol. The van der Waals surface area contributed by atoms with Crippen LogP contribution >= 0.6 is 11.8 Å². The van der Waals surface area contributed by atoms with E-state index in [0.29, 0.717) is 24.1 Å². The summed E-state index contributed by atoms with van der Waals surface area (Å²) in [5.74, 6) is 0.384. The lowest BCUT2D eigenvalue weighted by Gasteiger charge is -2.09. The minimum atomic E-state index is -0.495. The topological polar surface area (TPSA) is 115 Å². The van der Waals surface area contributed by atoms with Gasteiger partial charge in [0, 0.05) is 12.6 Å². The van der Waals surface area contributed by atoms with Crippen molar-refractivity contribution >= 4 is 23.7 Å². The lowest BCUT2D eigenvalue weighted by molar-refractivity contribution is -0.117. The standard InChI is InChI=1S/C11H20N6O2S/c1-4-17-8(5-12)15-16-11(17)20-6-9(18)14-10(19)13-7(2)3/h7H,4-6,12H2,1-3H3,(H2,13,14,18,19). The number of thioether (sulfide) groups is 1. The fraction of sp³-hybridized carbons (Fsp3) is 0.636. The molecule has 0 atom stereocenters. The smallest absolute Gasteiger partial charge is 0.321 e. The molecule has 0 bridgehead atoms. The molecule has 20 heavy (non-hydrogen) atoms. The van der Waals surface area contributed by atoms with Gasteiger partial charge in [0.2, 0.25) is 5.91 Å². The third kappa shape index (κ3) is 4.82. The van der Waals surface area contributed by atoms with E-state index in [1.165, 1.54) is 11.8 Å². The van der Waals surface area contributed by atoms with E-state index in [4.69, 9.17) is 5.73 Å². The summed E-state index contributed by atoms with van der Waals surface area (Å²) in [4.78, 5) is 23.0. The maximum atomic E-state index is 11.6. The molecule has 1 heterocycles. The maximum absolute atomic E-state index is 11.6. The van der Waals surface area contributed by atoms with Gasteiger partial charge in [-0.3, -0.25) is 10.1 Å². The number of nitrogens with zero attached hydrogens (tertiary/aromatic N) is 3. The summed E-state index contributed by atoms with van der Waals surface area (Å²) < 4.78 is 1.84. The Morgan fingerprint density at radius 3 is 2.65 bits per heavy atom. The van der Waals surface area contributed by atoms with E-state index in [1.807, 2.05) is 25.3 Å². The predicted molar refractivity (Wildman–Crippen MR) is 76.1 cm³/mol. The zero-order valence-corrected chi connectivity index (χ0v) is 12.7. The van der Waals surface area contributed by atoms with Crippen LogP contribution in [0.15, 0.2) is 5.16 Å². The molecule has 0 unspecified atom stereocenters. The van der Waals surface area contributed by atoms with Crippen LogP contribution in [0.4, 0.5) is 4.79 Å². The summed E-state index contributed by atoms with van der Waals surface area (Å²) >= 11 is 1.22. The minimum Gasteiger partial charge on any atom is -0.336 e. The zero-order valence-electron chi connectivity index (χ0n) is 11.8. The summed E-state index contributed by atoms with van der Waals surface area (Å²) in [6.45, 7) is 6.55. The molecule has 1 aromatic heterocycles. The van der Waals surface area contributed by atoms with Gasteiger partial charge in [-0.15, -0.1) is 10.2 Å². The first-order chi connectivity index (χ1) is 9.47. The number of hydrogen-bond donors (Lipinski definition) is 3. The number of carbonyl (C=O) groups is 2. The molecule has 0 saturated heterocycles. The van der Waals surface area contributed by atoms with Gasteiger partial charge < -0.3 is 15.6 Å². The maximum Gasteiger partial charge on any atom is 0.321 e. The number of nitrogens with two attached hydrogens (primary N) is 1. The molecule has 0 spiro atoms. The molecule has 0 fully saturated rings. The second kappa shape index (κ2) is 7.85. The van der Waals surface area contributed by atoms with Gasteiger partial charge in [-0.25, -0.2) is 4.79 Å². The summed E-state index contributed by atoms with van der Waals surface area (Å²) in [5.41, 5.74) is 5.54. The van der Waals surface area contributed by atoms with Crippen LogP contribution in [0.3, 0.4) is 0 Å². The summed E-state index contributed by atoms with van der Waals surface area (Å²) in [5, 5.41) is 13.4. The normalized spacial score (nSPS) is 10.7. The van der Waals surface area contributed by atoms with E-state index >= 15 is 0 Å². The molecule has 1 aromatic rings. The molecule has 3 amide bonds. The lowest BCUT2D eigenvalue weighted by atomic mass is 10.4. The Balaban J connectivity index is 2.49. The predicted octanol–water partition coefficient (Wildman–Crippen LogP) is 0.0830. The first kappa shape index (κ1) is 16.4. The fourth-order valence-corrected chi connectivity index (χ4v) is 2.31. The Kier molecular flexibility index (Phi) is 6.46. The van der Waals surface area contributed by atoms with E-state index in [2.05, 4.69) is 20.8 Å².